The lowest BCUT2D eigenvalue weighted by Crippen LogP contribution is -2.22. The SMILES string of the molecule is Cn1nnc(CNCC2(C)CC2)n1. The number of aryl methyl sites for hydroxylation is 1. The molecule has 1 aliphatic rings. The van der Waals surface area contributed by atoms with Crippen molar-refractivity contribution in [2.24, 2.45) is 12.5 Å². The van der Waals surface area contributed by atoms with Gasteiger partial charge in [0.25, 0.3) is 0 Å². The lowest BCUT2D eigenvalue weighted by atomic mass is 10.1. The molecule has 1 N–H and O–H groups in total. The molecule has 1 aliphatic carbocycles. The van der Waals surface area contributed by atoms with E-state index >= 15 is 0 Å². The smallest absolute Gasteiger partial charge is 0.188 e. The quantitative estimate of drug-likeness (QED) is 0.715. The van der Waals surface area contributed by atoms with Gasteiger partial charge < -0.3 is 5.32 Å². The van der Waals surface area contributed by atoms with E-state index in [1.165, 1.54) is 17.6 Å². The summed E-state index contributed by atoms with van der Waals surface area (Å²) < 4.78 is 0. The summed E-state index contributed by atoms with van der Waals surface area (Å²) in [5, 5.41) is 15.1. The van der Waals surface area contributed by atoms with Crippen LogP contribution in [0.5, 0.6) is 0 Å². The summed E-state index contributed by atoms with van der Waals surface area (Å²) in [5.74, 6) is 0.770. The van der Waals surface area contributed by atoms with Crippen LogP contribution in [0.25, 0.3) is 0 Å². The van der Waals surface area contributed by atoms with Crippen molar-refractivity contribution in [3.8, 4) is 0 Å². The van der Waals surface area contributed by atoms with Gasteiger partial charge in [-0.15, -0.1) is 10.2 Å². The predicted molar refractivity (Wildman–Crippen MR) is 47.8 cm³/mol. The molecule has 0 radical (unpaired) electrons. The topological polar surface area (TPSA) is 55.6 Å². The van der Waals surface area contributed by atoms with Gasteiger partial charge in [-0.25, -0.2) is 0 Å². The van der Waals surface area contributed by atoms with Gasteiger partial charge in [0.05, 0.1) is 13.6 Å². The Morgan fingerprint density at radius 2 is 2.31 bits per heavy atom. The standard InChI is InChI=1S/C8H15N5/c1-8(3-4-8)6-9-5-7-10-12-13(2)11-7/h9H,3-6H2,1-2H3. The van der Waals surface area contributed by atoms with Crippen molar-refractivity contribution < 1.29 is 0 Å². The van der Waals surface area contributed by atoms with Crippen LogP contribution >= 0.6 is 0 Å². The molecule has 5 heteroatoms. The number of hydrogen-bond acceptors (Lipinski definition) is 4. The third-order valence-electron chi connectivity index (χ3n) is 2.49. The molecular formula is C8H15N5. The summed E-state index contributed by atoms with van der Waals surface area (Å²) in [4.78, 5) is 1.48. The molecule has 13 heavy (non-hydrogen) atoms. The van der Waals surface area contributed by atoms with Crippen LogP contribution in [0.2, 0.25) is 0 Å². The number of hydrogen-bond donors (Lipinski definition) is 1. The van der Waals surface area contributed by atoms with Gasteiger partial charge in [0.2, 0.25) is 0 Å². The van der Waals surface area contributed by atoms with E-state index in [0.717, 1.165) is 18.9 Å². The highest BCUT2D eigenvalue weighted by atomic mass is 15.6. The van der Waals surface area contributed by atoms with Gasteiger partial charge in [0.15, 0.2) is 5.82 Å². The molecule has 0 unspecified atom stereocenters. The highest BCUT2D eigenvalue weighted by molar-refractivity contribution is 4.91. The van der Waals surface area contributed by atoms with Crippen molar-refractivity contribution in [2.75, 3.05) is 6.54 Å². The Bertz CT molecular complexity index is 288. The second-order valence-corrected chi connectivity index (χ2v) is 4.11. The lowest BCUT2D eigenvalue weighted by molar-refractivity contribution is 0.492. The molecule has 0 bridgehead atoms. The molecule has 0 aliphatic heterocycles. The summed E-state index contributed by atoms with van der Waals surface area (Å²) in [6.45, 7) is 4.08. The van der Waals surface area contributed by atoms with Crippen molar-refractivity contribution in [3.63, 3.8) is 0 Å². The highest BCUT2D eigenvalue weighted by Crippen LogP contribution is 2.43. The first kappa shape index (κ1) is 8.62. The van der Waals surface area contributed by atoms with Crippen molar-refractivity contribution >= 4 is 0 Å². The molecule has 0 spiro atoms. The zero-order chi connectivity index (χ0) is 9.31. The van der Waals surface area contributed by atoms with Gasteiger partial charge in [0.1, 0.15) is 0 Å². The molecule has 1 aromatic heterocycles. The summed E-state index contributed by atoms with van der Waals surface area (Å²) in [6.07, 6.45) is 2.68. The molecule has 1 heterocycles. The summed E-state index contributed by atoms with van der Waals surface area (Å²) in [6, 6.07) is 0. The lowest BCUT2D eigenvalue weighted by Gasteiger charge is -2.07. The van der Waals surface area contributed by atoms with E-state index in [9.17, 15) is 0 Å². The summed E-state index contributed by atoms with van der Waals surface area (Å²) >= 11 is 0. The fourth-order valence-electron chi connectivity index (χ4n) is 1.26. The van der Waals surface area contributed by atoms with Crippen LogP contribution < -0.4 is 5.32 Å². The van der Waals surface area contributed by atoms with Crippen LogP contribution in [-0.4, -0.2) is 26.8 Å². The fourth-order valence-corrected chi connectivity index (χ4v) is 1.26. The molecule has 0 amide bonds. The average molecular weight is 181 g/mol. The number of nitrogens with one attached hydrogen (secondary N) is 1. The van der Waals surface area contributed by atoms with Gasteiger partial charge in [-0.05, 0) is 23.5 Å². The number of rotatable bonds is 4. The Labute approximate surface area is 77.5 Å². The van der Waals surface area contributed by atoms with Gasteiger partial charge in [0, 0.05) is 6.54 Å². The molecule has 1 fully saturated rings. The van der Waals surface area contributed by atoms with Crippen LogP contribution in [0.3, 0.4) is 0 Å². The van der Waals surface area contributed by atoms with Crippen LogP contribution in [0.4, 0.5) is 0 Å². The normalized spacial score (nSPS) is 18.9. The number of tetrazole rings is 1. The van der Waals surface area contributed by atoms with Crippen molar-refractivity contribution in [1.29, 1.82) is 0 Å². The number of aromatic nitrogens is 4. The van der Waals surface area contributed by atoms with E-state index in [2.05, 4.69) is 27.7 Å². The molecule has 1 saturated carbocycles. The molecule has 0 aromatic carbocycles. The Morgan fingerprint density at radius 1 is 1.54 bits per heavy atom. The third-order valence-corrected chi connectivity index (χ3v) is 2.49. The fraction of sp³-hybridized carbons (Fsp3) is 0.875. The first-order valence-corrected chi connectivity index (χ1v) is 4.62. The maximum atomic E-state index is 4.08. The van der Waals surface area contributed by atoms with Gasteiger partial charge in [-0.1, -0.05) is 6.92 Å². The third kappa shape index (κ3) is 2.24. The Morgan fingerprint density at radius 3 is 2.85 bits per heavy atom. The monoisotopic (exact) mass is 181 g/mol. The maximum Gasteiger partial charge on any atom is 0.188 e. The van der Waals surface area contributed by atoms with E-state index in [1.807, 2.05) is 0 Å². The minimum absolute atomic E-state index is 0.544. The molecule has 0 atom stereocenters. The summed E-state index contributed by atoms with van der Waals surface area (Å²) in [5.41, 5.74) is 0.544. The maximum absolute atomic E-state index is 4.08. The van der Waals surface area contributed by atoms with Crippen LogP contribution in [-0.2, 0) is 13.6 Å². The van der Waals surface area contributed by atoms with Crippen LogP contribution in [0.1, 0.15) is 25.6 Å². The van der Waals surface area contributed by atoms with E-state index in [1.54, 1.807) is 7.05 Å². The zero-order valence-electron chi connectivity index (χ0n) is 8.12. The second kappa shape index (κ2) is 3.06. The van der Waals surface area contributed by atoms with E-state index in [0.29, 0.717) is 5.41 Å². The molecular weight excluding hydrogens is 166 g/mol. The molecule has 72 valence electrons. The second-order valence-electron chi connectivity index (χ2n) is 4.11. The van der Waals surface area contributed by atoms with E-state index in [-0.39, 0.29) is 0 Å². The zero-order valence-corrected chi connectivity index (χ0v) is 8.12. The first-order chi connectivity index (χ1) is 6.18. The molecule has 5 nitrogen and oxygen atoms in total. The van der Waals surface area contributed by atoms with E-state index < -0.39 is 0 Å². The Hall–Kier alpha value is -0.970. The van der Waals surface area contributed by atoms with Crippen LogP contribution in [0, 0.1) is 5.41 Å². The minimum Gasteiger partial charge on any atom is -0.309 e. The average Bonchev–Trinajstić information content (AvgIpc) is 2.65. The molecule has 0 saturated heterocycles. The van der Waals surface area contributed by atoms with Gasteiger partial charge >= 0.3 is 0 Å². The minimum atomic E-state index is 0.544. The summed E-state index contributed by atoms with van der Waals surface area (Å²) in [7, 11) is 1.78. The van der Waals surface area contributed by atoms with Crippen molar-refractivity contribution in [3.05, 3.63) is 5.82 Å². The Balaban J connectivity index is 1.73. The molecule has 2 rings (SSSR count). The predicted octanol–water partition coefficient (Wildman–Crippen LogP) is 0.0998. The largest absolute Gasteiger partial charge is 0.309 e. The van der Waals surface area contributed by atoms with Crippen LogP contribution in [0.15, 0.2) is 0 Å². The molecule has 1 aromatic rings. The van der Waals surface area contributed by atoms with E-state index in [4.69, 9.17) is 0 Å². The van der Waals surface area contributed by atoms with Crippen molar-refractivity contribution in [2.45, 2.75) is 26.3 Å². The number of nitrogens with zero attached hydrogens (tertiary/aromatic N) is 4. The first-order valence-electron chi connectivity index (χ1n) is 4.62. The van der Waals surface area contributed by atoms with Gasteiger partial charge in [-0.2, -0.15) is 4.80 Å². The van der Waals surface area contributed by atoms with Gasteiger partial charge in [-0.3, -0.25) is 0 Å². The highest BCUT2D eigenvalue weighted by Gasteiger charge is 2.36. The van der Waals surface area contributed by atoms with Crippen molar-refractivity contribution in [1.82, 2.24) is 25.5 Å². The Kier molecular flexibility index (Phi) is 2.03.